The number of nitrogens with zero attached hydrogens (tertiary/aromatic N) is 1. The molecule has 1 aliphatic heterocycles. The Labute approximate surface area is 129 Å². The standard InChI is InChI=1S/C17H32N2O2/c1-13(14-8-5-6-9-14)18-15-10-7-11-19(12-15)16(20)21-17(2,3)4/h13-15,18H,5-12H2,1-4H3/t13-,15?/m0/s1. The zero-order chi connectivity index (χ0) is 15.5. The Kier molecular flexibility index (Phi) is 5.53. The first-order valence-electron chi connectivity index (χ1n) is 8.59. The molecular weight excluding hydrogens is 264 g/mol. The van der Waals surface area contributed by atoms with E-state index in [1.807, 2.05) is 25.7 Å². The van der Waals surface area contributed by atoms with Gasteiger partial charge in [-0.25, -0.2) is 4.79 Å². The lowest BCUT2D eigenvalue weighted by atomic mass is 9.97. The molecular formula is C17H32N2O2. The van der Waals surface area contributed by atoms with E-state index in [-0.39, 0.29) is 6.09 Å². The number of amides is 1. The van der Waals surface area contributed by atoms with Gasteiger partial charge in [-0.3, -0.25) is 0 Å². The predicted octanol–water partition coefficient (Wildman–Crippen LogP) is 3.55. The number of hydrogen-bond acceptors (Lipinski definition) is 3. The van der Waals surface area contributed by atoms with Crippen LogP contribution in [0.4, 0.5) is 4.79 Å². The van der Waals surface area contributed by atoms with Crippen LogP contribution in [0.5, 0.6) is 0 Å². The summed E-state index contributed by atoms with van der Waals surface area (Å²) in [5.74, 6) is 0.821. The minimum atomic E-state index is -0.408. The van der Waals surface area contributed by atoms with Crippen LogP contribution < -0.4 is 5.32 Å². The van der Waals surface area contributed by atoms with E-state index in [2.05, 4.69) is 12.2 Å². The molecule has 1 N–H and O–H groups in total. The van der Waals surface area contributed by atoms with Gasteiger partial charge in [0.2, 0.25) is 0 Å². The molecule has 0 radical (unpaired) electrons. The van der Waals surface area contributed by atoms with Crippen LogP contribution in [0.25, 0.3) is 0 Å². The Morgan fingerprint density at radius 2 is 1.86 bits per heavy atom. The normalized spacial score (nSPS) is 25.9. The lowest BCUT2D eigenvalue weighted by Gasteiger charge is -2.36. The third-order valence-corrected chi connectivity index (χ3v) is 4.68. The van der Waals surface area contributed by atoms with Crippen LogP contribution in [-0.2, 0) is 4.74 Å². The number of carbonyl (C=O) groups excluding carboxylic acids is 1. The highest BCUT2D eigenvalue weighted by molar-refractivity contribution is 5.68. The van der Waals surface area contributed by atoms with Gasteiger partial charge in [-0.05, 0) is 59.3 Å². The SMILES string of the molecule is C[C@H](NC1CCCN(C(=O)OC(C)(C)C)C1)C1CCCC1. The van der Waals surface area contributed by atoms with E-state index in [1.165, 1.54) is 25.7 Å². The summed E-state index contributed by atoms with van der Waals surface area (Å²) in [6, 6.07) is 0.984. The van der Waals surface area contributed by atoms with Gasteiger partial charge in [0.25, 0.3) is 0 Å². The van der Waals surface area contributed by atoms with Crippen LogP contribution in [0, 0.1) is 5.92 Å². The van der Waals surface area contributed by atoms with Crippen LogP contribution in [-0.4, -0.2) is 41.8 Å². The predicted molar refractivity (Wildman–Crippen MR) is 85.4 cm³/mol. The molecule has 2 fully saturated rings. The average Bonchev–Trinajstić information content (AvgIpc) is 2.91. The van der Waals surface area contributed by atoms with Gasteiger partial charge in [0.1, 0.15) is 5.60 Å². The smallest absolute Gasteiger partial charge is 0.410 e. The molecule has 2 rings (SSSR count). The molecule has 4 nitrogen and oxygen atoms in total. The Balaban J connectivity index is 1.81. The summed E-state index contributed by atoms with van der Waals surface area (Å²) in [7, 11) is 0. The molecule has 0 aromatic rings. The number of nitrogens with one attached hydrogen (secondary N) is 1. The summed E-state index contributed by atoms with van der Waals surface area (Å²) >= 11 is 0. The molecule has 1 saturated carbocycles. The van der Waals surface area contributed by atoms with Gasteiger partial charge in [0, 0.05) is 25.2 Å². The van der Waals surface area contributed by atoms with Crippen molar-refractivity contribution in [3.63, 3.8) is 0 Å². The van der Waals surface area contributed by atoms with Crippen molar-refractivity contribution in [3.05, 3.63) is 0 Å². The third-order valence-electron chi connectivity index (χ3n) is 4.68. The van der Waals surface area contributed by atoms with Gasteiger partial charge in [-0.2, -0.15) is 0 Å². The molecule has 0 aromatic carbocycles. The zero-order valence-corrected chi connectivity index (χ0v) is 14.2. The van der Waals surface area contributed by atoms with Crippen molar-refractivity contribution in [2.45, 2.75) is 83.9 Å². The van der Waals surface area contributed by atoms with E-state index < -0.39 is 5.60 Å². The quantitative estimate of drug-likeness (QED) is 0.866. The van der Waals surface area contributed by atoms with E-state index in [0.717, 1.165) is 31.8 Å². The molecule has 122 valence electrons. The Bertz CT molecular complexity index is 345. The molecule has 0 bridgehead atoms. The average molecular weight is 296 g/mol. The van der Waals surface area contributed by atoms with Gasteiger partial charge in [0.15, 0.2) is 0 Å². The number of likely N-dealkylation sites (tertiary alicyclic amines) is 1. The van der Waals surface area contributed by atoms with Crippen LogP contribution in [0.15, 0.2) is 0 Å². The molecule has 4 heteroatoms. The number of hydrogen-bond donors (Lipinski definition) is 1. The third kappa shape index (κ3) is 5.17. The monoisotopic (exact) mass is 296 g/mol. The topological polar surface area (TPSA) is 41.6 Å². The van der Waals surface area contributed by atoms with E-state index in [4.69, 9.17) is 4.74 Å². The molecule has 1 saturated heterocycles. The van der Waals surface area contributed by atoms with Crippen molar-refractivity contribution in [2.24, 2.45) is 5.92 Å². The van der Waals surface area contributed by atoms with Crippen LogP contribution >= 0.6 is 0 Å². The van der Waals surface area contributed by atoms with Gasteiger partial charge in [0.05, 0.1) is 0 Å². The van der Waals surface area contributed by atoms with Crippen molar-refractivity contribution in [2.75, 3.05) is 13.1 Å². The number of rotatable bonds is 3. The Morgan fingerprint density at radius 1 is 1.19 bits per heavy atom. The zero-order valence-electron chi connectivity index (χ0n) is 14.2. The summed E-state index contributed by atoms with van der Waals surface area (Å²) in [6.07, 6.45) is 7.54. The van der Waals surface area contributed by atoms with Crippen LogP contribution in [0.2, 0.25) is 0 Å². The molecule has 0 aromatic heterocycles. The lowest BCUT2D eigenvalue weighted by molar-refractivity contribution is 0.0181. The minimum absolute atomic E-state index is 0.164. The number of carbonyl (C=O) groups is 1. The summed E-state index contributed by atoms with van der Waals surface area (Å²) in [6.45, 7) is 9.69. The molecule has 1 amide bonds. The van der Waals surface area contributed by atoms with Gasteiger partial charge >= 0.3 is 6.09 Å². The van der Waals surface area contributed by atoms with E-state index >= 15 is 0 Å². The van der Waals surface area contributed by atoms with Gasteiger partial charge in [-0.15, -0.1) is 0 Å². The second-order valence-corrected chi connectivity index (χ2v) is 7.77. The summed E-state index contributed by atoms with van der Waals surface area (Å²) in [4.78, 5) is 14.0. The van der Waals surface area contributed by atoms with Crippen LogP contribution in [0.3, 0.4) is 0 Å². The second kappa shape index (κ2) is 6.99. The first kappa shape index (κ1) is 16.6. The fourth-order valence-electron chi connectivity index (χ4n) is 3.57. The largest absolute Gasteiger partial charge is 0.444 e. The number of ether oxygens (including phenoxy) is 1. The lowest BCUT2D eigenvalue weighted by Crippen LogP contribution is -2.52. The maximum atomic E-state index is 12.2. The Hall–Kier alpha value is -0.770. The summed E-state index contributed by atoms with van der Waals surface area (Å²) in [5, 5.41) is 3.76. The molecule has 2 atom stereocenters. The summed E-state index contributed by atoms with van der Waals surface area (Å²) < 4.78 is 5.49. The molecule has 2 aliphatic rings. The van der Waals surface area contributed by atoms with Crippen molar-refractivity contribution in [1.29, 1.82) is 0 Å². The van der Waals surface area contributed by atoms with Crippen LogP contribution in [0.1, 0.15) is 66.2 Å². The van der Waals surface area contributed by atoms with Crippen molar-refractivity contribution < 1.29 is 9.53 Å². The first-order chi connectivity index (χ1) is 9.85. The molecule has 0 spiro atoms. The first-order valence-corrected chi connectivity index (χ1v) is 8.59. The Morgan fingerprint density at radius 3 is 2.48 bits per heavy atom. The molecule has 1 unspecified atom stereocenters. The molecule has 1 heterocycles. The van der Waals surface area contributed by atoms with Crippen molar-refractivity contribution in [3.8, 4) is 0 Å². The van der Waals surface area contributed by atoms with Gasteiger partial charge < -0.3 is 15.0 Å². The fourth-order valence-corrected chi connectivity index (χ4v) is 3.57. The maximum absolute atomic E-state index is 12.2. The van der Waals surface area contributed by atoms with Gasteiger partial charge in [-0.1, -0.05) is 12.8 Å². The maximum Gasteiger partial charge on any atom is 0.410 e. The van der Waals surface area contributed by atoms with E-state index in [0.29, 0.717) is 12.1 Å². The molecule has 21 heavy (non-hydrogen) atoms. The highest BCUT2D eigenvalue weighted by Crippen LogP contribution is 2.28. The highest BCUT2D eigenvalue weighted by Gasteiger charge is 2.30. The van der Waals surface area contributed by atoms with E-state index in [1.54, 1.807) is 0 Å². The molecule has 1 aliphatic carbocycles. The van der Waals surface area contributed by atoms with Crippen molar-refractivity contribution in [1.82, 2.24) is 10.2 Å². The van der Waals surface area contributed by atoms with E-state index in [9.17, 15) is 4.79 Å². The highest BCUT2D eigenvalue weighted by atomic mass is 16.6. The number of piperidine rings is 1. The second-order valence-electron chi connectivity index (χ2n) is 7.77. The summed E-state index contributed by atoms with van der Waals surface area (Å²) in [5.41, 5.74) is -0.408. The fraction of sp³-hybridized carbons (Fsp3) is 0.941. The minimum Gasteiger partial charge on any atom is -0.444 e. The van der Waals surface area contributed by atoms with Crippen molar-refractivity contribution >= 4 is 6.09 Å².